The Labute approximate surface area is 185 Å². The topological polar surface area (TPSA) is 105 Å². The largest absolute Gasteiger partial charge is 0.508 e. The third kappa shape index (κ3) is 6.23. The summed E-state index contributed by atoms with van der Waals surface area (Å²) in [5, 5.41) is 9.91. The van der Waals surface area contributed by atoms with E-state index in [9.17, 15) is 18.3 Å². The van der Waals surface area contributed by atoms with E-state index in [2.05, 4.69) is 11.6 Å². The molecule has 176 valence electrons. The standard InChI is InChI=1S/C22H36N2O6S/c1-22(12-4-6-17(25)14-22)16-8-10-18(11-9-16)30-15-20-19(23-31(3,27)28)7-5-13-24(20)21(26)29-2/h4,6,14,16,18-20,23,25H,5,7-13,15H2,1-3H3/t16-,18+,19-,20-,22?/m0/s1. The summed E-state index contributed by atoms with van der Waals surface area (Å²) in [6, 6.07) is -0.783. The summed E-state index contributed by atoms with van der Waals surface area (Å²) in [7, 11) is -2.07. The molecule has 2 aliphatic carbocycles. The van der Waals surface area contributed by atoms with Crippen LogP contribution in [0.4, 0.5) is 4.79 Å². The number of allylic oxidation sites excluding steroid dienone is 3. The van der Waals surface area contributed by atoms with Gasteiger partial charge < -0.3 is 19.5 Å². The van der Waals surface area contributed by atoms with Crippen LogP contribution in [0.1, 0.15) is 51.9 Å². The zero-order chi connectivity index (χ0) is 22.6. The molecule has 1 unspecified atom stereocenters. The summed E-state index contributed by atoms with van der Waals surface area (Å²) in [5.41, 5.74) is -0.0284. The maximum Gasteiger partial charge on any atom is 0.409 e. The van der Waals surface area contributed by atoms with Crippen LogP contribution in [-0.2, 0) is 19.5 Å². The number of carbonyl (C=O) groups excluding carboxylic acids is 1. The fourth-order valence-corrected chi connectivity index (χ4v) is 6.13. The number of carbonyl (C=O) groups is 1. The molecule has 1 heterocycles. The number of sulfonamides is 1. The van der Waals surface area contributed by atoms with Crippen LogP contribution in [0.25, 0.3) is 0 Å². The molecule has 2 N–H and O–H groups in total. The number of rotatable bonds is 6. The van der Waals surface area contributed by atoms with Gasteiger partial charge in [0.1, 0.15) is 5.76 Å². The molecule has 0 aromatic heterocycles. The van der Waals surface area contributed by atoms with E-state index in [1.165, 1.54) is 7.11 Å². The second kappa shape index (κ2) is 9.92. The van der Waals surface area contributed by atoms with Crippen LogP contribution in [0.15, 0.2) is 24.0 Å². The van der Waals surface area contributed by atoms with E-state index in [1.54, 1.807) is 11.0 Å². The predicted molar refractivity (Wildman–Crippen MR) is 118 cm³/mol. The number of ether oxygens (including phenoxy) is 2. The molecule has 1 saturated heterocycles. The fourth-order valence-electron chi connectivity index (χ4n) is 5.31. The molecular weight excluding hydrogens is 420 g/mol. The molecule has 2 fully saturated rings. The van der Waals surface area contributed by atoms with E-state index < -0.39 is 22.2 Å². The molecule has 8 nitrogen and oxygen atoms in total. The third-order valence-electron chi connectivity index (χ3n) is 6.99. The highest BCUT2D eigenvalue weighted by atomic mass is 32.2. The van der Waals surface area contributed by atoms with E-state index in [1.807, 2.05) is 12.2 Å². The number of amides is 1. The highest BCUT2D eigenvalue weighted by molar-refractivity contribution is 7.88. The monoisotopic (exact) mass is 456 g/mol. The Morgan fingerprint density at radius 2 is 2.00 bits per heavy atom. The smallest absolute Gasteiger partial charge is 0.409 e. The van der Waals surface area contributed by atoms with Crippen LogP contribution in [0.5, 0.6) is 0 Å². The van der Waals surface area contributed by atoms with Gasteiger partial charge in [0.25, 0.3) is 0 Å². The van der Waals surface area contributed by atoms with Gasteiger partial charge >= 0.3 is 6.09 Å². The van der Waals surface area contributed by atoms with E-state index in [0.29, 0.717) is 31.1 Å². The van der Waals surface area contributed by atoms with Crippen LogP contribution in [0.2, 0.25) is 0 Å². The Morgan fingerprint density at radius 3 is 2.61 bits per heavy atom. The SMILES string of the molecule is COC(=O)N1CCC[C@H](NS(C)(=O)=O)[C@@H]1CO[C@H]1CC[C@@H](C2(C)C=C(O)C=CC2)CC1. The second-order valence-corrected chi connectivity index (χ2v) is 11.1. The highest BCUT2D eigenvalue weighted by Crippen LogP contribution is 2.44. The zero-order valence-corrected chi connectivity index (χ0v) is 19.6. The van der Waals surface area contributed by atoms with Crippen molar-refractivity contribution in [3.63, 3.8) is 0 Å². The van der Waals surface area contributed by atoms with Crippen LogP contribution < -0.4 is 4.72 Å². The predicted octanol–water partition coefficient (Wildman–Crippen LogP) is 3.12. The minimum atomic E-state index is -3.40. The van der Waals surface area contributed by atoms with E-state index in [0.717, 1.165) is 38.4 Å². The minimum absolute atomic E-state index is 0.0284. The maximum atomic E-state index is 12.3. The van der Waals surface area contributed by atoms with Gasteiger partial charge in [-0.15, -0.1) is 0 Å². The number of likely N-dealkylation sites (tertiary alicyclic amines) is 1. The number of nitrogens with zero attached hydrogens (tertiary/aromatic N) is 1. The van der Waals surface area contributed by atoms with E-state index in [4.69, 9.17) is 9.47 Å². The number of hydrogen-bond donors (Lipinski definition) is 2. The molecule has 0 aromatic rings. The summed E-state index contributed by atoms with van der Waals surface area (Å²) in [5.74, 6) is 0.831. The zero-order valence-electron chi connectivity index (χ0n) is 18.7. The maximum absolute atomic E-state index is 12.3. The van der Waals surface area contributed by atoms with Crippen molar-refractivity contribution in [3.8, 4) is 0 Å². The van der Waals surface area contributed by atoms with Crippen molar-refractivity contribution in [2.75, 3.05) is 26.5 Å². The first kappa shape index (κ1) is 24.1. The number of nitrogens with one attached hydrogen (secondary N) is 1. The van der Waals surface area contributed by atoms with E-state index >= 15 is 0 Å². The van der Waals surface area contributed by atoms with Gasteiger partial charge in [0.2, 0.25) is 10.0 Å². The Bertz CT molecular complexity index is 803. The normalized spacial score (nSPS) is 34.3. The van der Waals surface area contributed by atoms with Gasteiger partial charge in [-0.3, -0.25) is 0 Å². The molecule has 31 heavy (non-hydrogen) atoms. The van der Waals surface area contributed by atoms with Crippen LogP contribution in [0.3, 0.4) is 0 Å². The van der Waals surface area contributed by atoms with Crippen LogP contribution >= 0.6 is 0 Å². The van der Waals surface area contributed by atoms with Crippen molar-refractivity contribution in [2.24, 2.45) is 11.3 Å². The van der Waals surface area contributed by atoms with Gasteiger partial charge in [0, 0.05) is 12.6 Å². The Hall–Kier alpha value is -1.58. The van der Waals surface area contributed by atoms with Crippen LogP contribution in [0, 0.1) is 11.3 Å². The summed E-state index contributed by atoms with van der Waals surface area (Å²) in [6.07, 6.45) is 12.7. The quantitative estimate of drug-likeness (QED) is 0.636. The molecular formula is C22H36N2O6S. The first-order chi connectivity index (χ1) is 14.6. The lowest BCUT2D eigenvalue weighted by Crippen LogP contribution is -2.59. The van der Waals surface area contributed by atoms with Crippen molar-refractivity contribution in [2.45, 2.75) is 70.1 Å². The molecule has 1 aliphatic heterocycles. The molecule has 1 amide bonds. The lowest BCUT2D eigenvalue weighted by atomic mass is 9.66. The first-order valence-electron chi connectivity index (χ1n) is 11.1. The molecule has 0 aromatic carbocycles. The third-order valence-corrected chi connectivity index (χ3v) is 7.72. The summed E-state index contributed by atoms with van der Waals surface area (Å²) in [4.78, 5) is 13.8. The van der Waals surface area contributed by atoms with Crippen molar-refractivity contribution in [1.82, 2.24) is 9.62 Å². The number of piperidine rings is 1. The highest BCUT2D eigenvalue weighted by Gasteiger charge is 2.39. The van der Waals surface area contributed by atoms with Gasteiger partial charge in [0.15, 0.2) is 0 Å². The molecule has 3 aliphatic rings. The first-order valence-corrected chi connectivity index (χ1v) is 13.0. The van der Waals surface area contributed by atoms with Crippen molar-refractivity contribution < 1.29 is 27.8 Å². The molecule has 3 atom stereocenters. The summed E-state index contributed by atoms with van der Waals surface area (Å²) < 4.78 is 37.4. The van der Waals surface area contributed by atoms with E-state index in [-0.39, 0.29) is 24.2 Å². The Kier molecular flexibility index (Phi) is 7.70. The van der Waals surface area contributed by atoms with Gasteiger partial charge in [-0.25, -0.2) is 17.9 Å². The van der Waals surface area contributed by atoms with Crippen LogP contribution in [-0.4, -0.2) is 69.2 Å². The van der Waals surface area contributed by atoms with Gasteiger partial charge in [-0.2, -0.15) is 0 Å². The van der Waals surface area contributed by atoms with Crippen molar-refractivity contribution in [1.29, 1.82) is 0 Å². The molecule has 0 spiro atoms. The molecule has 0 bridgehead atoms. The minimum Gasteiger partial charge on any atom is -0.508 e. The number of methoxy groups -OCH3 is 1. The molecule has 0 radical (unpaired) electrons. The number of aliphatic hydroxyl groups is 1. The number of aliphatic hydroxyl groups excluding tert-OH is 1. The molecule has 1 saturated carbocycles. The average Bonchev–Trinajstić information content (AvgIpc) is 2.71. The second-order valence-electron chi connectivity index (χ2n) is 9.36. The lowest BCUT2D eigenvalue weighted by molar-refractivity contribution is -0.0341. The van der Waals surface area contributed by atoms with Gasteiger partial charge in [-0.05, 0) is 68.4 Å². The van der Waals surface area contributed by atoms with Crippen molar-refractivity contribution in [3.05, 3.63) is 24.0 Å². The molecule has 3 rings (SSSR count). The van der Waals surface area contributed by atoms with Crippen molar-refractivity contribution >= 4 is 16.1 Å². The fraction of sp³-hybridized carbons (Fsp3) is 0.773. The average molecular weight is 457 g/mol. The van der Waals surface area contributed by atoms with Gasteiger partial charge in [0.05, 0.1) is 32.1 Å². The Balaban J connectivity index is 1.59. The number of hydrogen-bond acceptors (Lipinski definition) is 6. The summed E-state index contributed by atoms with van der Waals surface area (Å²) in [6.45, 7) is 3.01. The Morgan fingerprint density at radius 1 is 1.29 bits per heavy atom. The van der Waals surface area contributed by atoms with Gasteiger partial charge in [-0.1, -0.05) is 13.0 Å². The molecule has 9 heteroatoms. The lowest BCUT2D eigenvalue weighted by Gasteiger charge is -2.42. The summed E-state index contributed by atoms with van der Waals surface area (Å²) >= 11 is 0.